The quantitative estimate of drug-likeness (QED) is 0.306. The van der Waals surface area contributed by atoms with Crippen LogP contribution < -0.4 is 29.6 Å². The first-order valence-corrected chi connectivity index (χ1v) is 3.39. The predicted molar refractivity (Wildman–Crippen MR) is 44.9 cm³/mol. The molecule has 4 heteroatoms. The van der Waals surface area contributed by atoms with Gasteiger partial charge in [0.2, 0.25) is 0 Å². The van der Waals surface area contributed by atoms with Crippen LogP contribution in [0.3, 0.4) is 0 Å². The number of pyridine rings is 1. The van der Waals surface area contributed by atoms with Gasteiger partial charge in [0.25, 0.3) is 6.47 Å². The first-order valence-electron chi connectivity index (χ1n) is 3.39. The summed E-state index contributed by atoms with van der Waals surface area (Å²) in [5.41, 5.74) is 1.19. The molecule has 62 valence electrons. The average molecular weight is 185 g/mol. The molecule has 0 unspecified atom stereocenters. The molecule has 13 heavy (non-hydrogen) atoms. The third-order valence-electron chi connectivity index (χ3n) is 1.37. The van der Waals surface area contributed by atoms with E-state index in [1.54, 1.807) is 0 Å². The molecule has 0 fully saturated rings. The number of carboxylic acid groups (broad SMARTS) is 1. The van der Waals surface area contributed by atoms with Gasteiger partial charge in [-0.3, -0.25) is 4.79 Å². The molecule has 0 atom stereocenters. The molecule has 0 radical (unpaired) electrons. The number of carbonyl (C=O) groups is 1. The van der Waals surface area contributed by atoms with Gasteiger partial charge in [0.1, 0.15) is 0 Å². The molecule has 2 heterocycles. The van der Waals surface area contributed by atoms with Crippen LogP contribution in [0.4, 0.5) is 0 Å². The maximum atomic E-state index is 8.36. The number of hydrogen-bond acceptors (Lipinski definition) is 1. The maximum absolute atomic E-state index is 8.36. The van der Waals surface area contributed by atoms with Crippen LogP contribution in [-0.2, 0) is 4.79 Å². The smallest absolute Gasteiger partial charge is 0.483 e. The molecule has 0 aliphatic carbocycles. The predicted octanol–water partition coefficient (Wildman–Crippen LogP) is -1.56. The second kappa shape index (κ2) is 6.71. The third kappa shape index (κ3) is 3.63. The molecule has 0 aliphatic heterocycles. The zero-order valence-electron chi connectivity index (χ0n) is 7.34. The summed E-state index contributed by atoms with van der Waals surface area (Å²) in [4.78, 5) is 8.36. The normalized spacial score (nSPS) is 8.00. The average Bonchev–Trinajstić information content (AvgIpc) is 2.52. The number of nitrogens with zero attached hydrogens (tertiary/aromatic N) is 1. The van der Waals surface area contributed by atoms with Crippen LogP contribution in [0, 0.1) is 6.07 Å². The summed E-state index contributed by atoms with van der Waals surface area (Å²) in [6, 6.07) is 10.9. The molecule has 0 saturated heterocycles. The van der Waals surface area contributed by atoms with E-state index in [-0.39, 0.29) is 36.0 Å². The minimum absolute atomic E-state index is 0. The van der Waals surface area contributed by atoms with Gasteiger partial charge < -0.3 is 9.51 Å². The van der Waals surface area contributed by atoms with E-state index >= 15 is 0 Å². The summed E-state index contributed by atoms with van der Waals surface area (Å²) >= 11 is 0. The van der Waals surface area contributed by atoms with Gasteiger partial charge >= 0.3 is 29.6 Å². The standard InChI is InChI=1S/C8H6N.CH2O2.Na/c1-2-6-9-7-3-5-8(9)4-1;2-1-3;/h2-7H;1H,(H,2,3);/q-1;;+1. The van der Waals surface area contributed by atoms with Crippen molar-refractivity contribution >= 4 is 12.0 Å². The molecular weight excluding hydrogens is 177 g/mol. The summed E-state index contributed by atoms with van der Waals surface area (Å²) in [5, 5.41) is 6.89. The van der Waals surface area contributed by atoms with Crippen LogP contribution in [0.5, 0.6) is 0 Å². The molecule has 3 nitrogen and oxygen atoms in total. The zero-order valence-corrected chi connectivity index (χ0v) is 9.34. The first-order chi connectivity index (χ1) is 5.88. The summed E-state index contributed by atoms with van der Waals surface area (Å²) < 4.78 is 2.05. The Bertz CT molecular complexity index is 329. The van der Waals surface area contributed by atoms with E-state index < -0.39 is 0 Å². The van der Waals surface area contributed by atoms with E-state index in [1.165, 1.54) is 5.52 Å². The van der Waals surface area contributed by atoms with Gasteiger partial charge in [-0.15, -0.1) is 6.20 Å². The fourth-order valence-corrected chi connectivity index (χ4v) is 0.922. The fourth-order valence-electron chi connectivity index (χ4n) is 0.922. The Hall–Kier alpha value is -0.770. The molecule has 2 aromatic rings. The van der Waals surface area contributed by atoms with Gasteiger partial charge in [-0.1, -0.05) is 17.6 Å². The number of hydrogen-bond donors (Lipinski definition) is 1. The van der Waals surface area contributed by atoms with Crippen molar-refractivity contribution in [2.45, 2.75) is 0 Å². The number of fused-ring (bicyclic) bond motifs is 1. The van der Waals surface area contributed by atoms with Crippen LogP contribution in [0.1, 0.15) is 0 Å². The van der Waals surface area contributed by atoms with E-state index in [9.17, 15) is 0 Å². The van der Waals surface area contributed by atoms with E-state index in [4.69, 9.17) is 9.90 Å². The first kappa shape index (κ1) is 12.2. The Kier molecular flexibility index (Phi) is 6.32. The van der Waals surface area contributed by atoms with Crippen molar-refractivity contribution in [3.05, 3.63) is 42.7 Å². The molecule has 2 aromatic heterocycles. The Balaban J connectivity index is 0.000000324. The van der Waals surface area contributed by atoms with Gasteiger partial charge in [0, 0.05) is 0 Å². The summed E-state index contributed by atoms with van der Waals surface area (Å²) in [5.74, 6) is 0. The number of rotatable bonds is 0. The summed E-state index contributed by atoms with van der Waals surface area (Å²) in [7, 11) is 0. The van der Waals surface area contributed by atoms with E-state index in [1.807, 2.05) is 30.6 Å². The minimum Gasteiger partial charge on any atom is -0.483 e. The van der Waals surface area contributed by atoms with Crippen molar-refractivity contribution in [3.8, 4) is 0 Å². The SMILES string of the molecule is O=CO.[Na+].[c-]1ccn2cccc2c1. The Morgan fingerprint density at radius 2 is 2.15 bits per heavy atom. The Morgan fingerprint density at radius 1 is 1.46 bits per heavy atom. The van der Waals surface area contributed by atoms with Crippen LogP contribution in [-0.4, -0.2) is 16.0 Å². The summed E-state index contributed by atoms with van der Waals surface area (Å²) in [6.45, 7) is -0.250. The van der Waals surface area contributed by atoms with Crippen molar-refractivity contribution in [1.82, 2.24) is 4.40 Å². The van der Waals surface area contributed by atoms with Crippen LogP contribution in [0.15, 0.2) is 36.7 Å². The minimum atomic E-state index is -0.250. The largest absolute Gasteiger partial charge is 1.00 e. The van der Waals surface area contributed by atoms with Gasteiger partial charge in [-0.25, -0.2) is 0 Å². The molecular formula is C9H8NNaO2. The van der Waals surface area contributed by atoms with Crippen LogP contribution in [0.2, 0.25) is 0 Å². The molecule has 0 spiro atoms. The van der Waals surface area contributed by atoms with Crippen molar-refractivity contribution in [3.63, 3.8) is 0 Å². The van der Waals surface area contributed by atoms with Crippen LogP contribution in [0.25, 0.3) is 5.52 Å². The molecule has 0 amide bonds. The topological polar surface area (TPSA) is 41.7 Å². The molecule has 0 aromatic carbocycles. The second-order valence-electron chi connectivity index (χ2n) is 2.07. The fraction of sp³-hybridized carbons (Fsp3) is 0. The zero-order chi connectivity index (χ0) is 8.81. The molecule has 2 rings (SSSR count). The van der Waals surface area contributed by atoms with Gasteiger partial charge in [0.05, 0.1) is 0 Å². The van der Waals surface area contributed by atoms with Crippen molar-refractivity contribution < 1.29 is 39.5 Å². The van der Waals surface area contributed by atoms with Crippen molar-refractivity contribution in [2.75, 3.05) is 0 Å². The Labute approximate surface area is 98.3 Å². The van der Waals surface area contributed by atoms with Crippen LogP contribution >= 0.6 is 0 Å². The van der Waals surface area contributed by atoms with Gasteiger partial charge in [0.15, 0.2) is 0 Å². The molecule has 1 N–H and O–H groups in total. The van der Waals surface area contributed by atoms with Gasteiger partial charge in [-0.2, -0.15) is 18.2 Å². The van der Waals surface area contributed by atoms with E-state index in [2.05, 4.69) is 16.5 Å². The Morgan fingerprint density at radius 3 is 2.77 bits per heavy atom. The molecule has 0 aliphatic rings. The molecule has 0 saturated carbocycles. The number of aromatic nitrogens is 1. The van der Waals surface area contributed by atoms with E-state index in [0.717, 1.165) is 0 Å². The summed E-state index contributed by atoms with van der Waals surface area (Å²) in [6.07, 6.45) is 4.00. The van der Waals surface area contributed by atoms with Crippen molar-refractivity contribution in [2.24, 2.45) is 0 Å². The third-order valence-corrected chi connectivity index (χ3v) is 1.37. The molecule has 0 bridgehead atoms. The van der Waals surface area contributed by atoms with Crippen molar-refractivity contribution in [1.29, 1.82) is 0 Å². The van der Waals surface area contributed by atoms with Gasteiger partial charge in [-0.05, 0) is 6.20 Å². The van der Waals surface area contributed by atoms with E-state index in [0.29, 0.717) is 0 Å². The second-order valence-corrected chi connectivity index (χ2v) is 2.07. The maximum Gasteiger partial charge on any atom is 1.00 e. The monoisotopic (exact) mass is 185 g/mol.